The van der Waals surface area contributed by atoms with E-state index in [2.05, 4.69) is 22.8 Å². The van der Waals surface area contributed by atoms with Crippen LogP contribution >= 0.6 is 0 Å². The van der Waals surface area contributed by atoms with Crippen molar-refractivity contribution in [2.24, 2.45) is 5.10 Å². The van der Waals surface area contributed by atoms with Crippen LogP contribution in [0.1, 0.15) is 35.3 Å². The van der Waals surface area contributed by atoms with Crippen molar-refractivity contribution in [1.82, 2.24) is 10.7 Å². The first-order chi connectivity index (χ1) is 13.5. The molecule has 2 aromatic carbocycles. The normalized spacial score (nSPS) is 10.9. The molecular formula is C21H25N3O4. The first-order valence-electron chi connectivity index (χ1n) is 8.91. The summed E-state index contributed by atoms with van der Waals surface area (Å²) < 4.78 is 10.3. The van der Waals surface area contributed by atoms with Gasteiger partial charge in [-0.25, -0.2) is 5.43 Å². The quantitative estimate of drug-likeness (QED) is 0.542. The zero-order chi connectivity index (χ0) is 20.5. The lowest BCUT2D eigenvalue weighted by Gasteiger charge is -2.10. The van der Waals surface area contributed by atoms with Gasteiger partial charge in [-0.2, -0.15) is 5.10 Å². The van der Waals surface area contributed by atoms with Gasteiger partial charge in [-0.05, 0) is 42.7 Å². The summed E-state index contributed by atoms with van der Waals surface area (Å²) >= 11 is 0. The summed E-state index contributed by atoms with van der Waals surface area (Å²) in [5.41, 5.74) is 5.65. The molecule has 0 heterocycles. The average molecular weight is 383 g/mol. The Morgan fingerprint density at radius 2 is 1.61 bits per heavy atom. The second-order valence-corrected chi connectivity index (χ2v) is 6.04. The summed E-state index contributed by atoms with van der Waals surface area (Å²) in [4.78, 5) is 24.2. The number of ether oxygens (including phenoxy) is 2. The van der Waals surface area contributed by atoms with E-state index in [4.69, 9.17) is 9.47 Å². The van der Waals surface area contributed by atoms with E-state index in [1.54, 1.807) is 18.2 Å². The Morgan fingerprint density at radius 3 is 2.21 bits per heavy atom. The van der Waals surface area contributed by atoms with Crippen molar-refractivity contribution in [3.8, 4) is 11.5 Å². The highest BCUT2D eigenvalue weighted by atomic mass is 16.5. The van der Waals surface area contributed by atoms with E-state index < -0.39 is 11.8 Å². The molecule has 0 bridgehead atoms. The molecule has 0 aliphatic heterocycles. The van der Waals surface area contributed by atoms with Gasteiger partial charge in [0.05, 0.1) is 26.5 Å². The molecule has 2 N–H and O–H groups in total. The van der Waals surface area contributed by atoms with Gasteiger partial charge in [-0.3, -0.25) is 9.59 Å². The second-order valence-electron chi connectivity index (χ2n) is 6.04. The Bertz CT molecular complexity index is 860. The van der Waals surface area contributed by atoms with E-state index in [9.17, 15) is 9.59 Å². The largest absolute Gasteiger partial charge is 0.493 e. The summed E-state index contributed by atoms with van der Waals surface area (Å²) in [6.07, 6.45) is 0.965. The van der Waals surface area contributed by atoms with Gasteiger partial charge in [-0.15, -0.1) is 0 Å². The minimum atomic E-state index is -0.418. The van der Waals surface area contributed by atoms with Crippen molar-refractivity contribution in [3.05, 3.63) is 59.2 Å². The van der Waals surface area contributed by atoms with E-state index in [1.165, 1.54) is 19.8 Å². The Kier molecular flexibility index (Phi) is 7.56. The molecule has 0 unspecified atom stereocenters. The van der Waals surface area contributed by atoms with Crippen molar-refractivity contribution in [3.63, 3.8) is 0 Å². The van der Waals surface area contributed by atoms with Crippen molar-refractivity contribution < 1.29 is 19.1 Å². The molecule has 0 radical (unpaired) electrons. The molecule has 0 saturated carbocycles. The molecular weight excluding hydrogens is 358 g/mol. The third-order valence-electron chi connectivity index (χ3n) is 4.18. The topological polar surface area (TPSA) is 89.0 Å². The first kappa shape index (κ1) is 21.0. The first-order valence-corrected chi connectivity index (χ1v) is 8.91. The number of hydrogen-bond acceptors (Lipinski definition) is 5. The molecule has 7 heteroatoms. The van der Waals surface area contributed by atoms with E-state index in [1.807, 2.05) is 31.2 Å². The predicted octanol–water partition coefficient (Wildman–Crippen LogP) is 2.54. The number of rotatable bonds is 8. The van der Waals surface area contributed by atoms with Crippen LogP contribution in [-0.4, -0.2) is 38.3 Å². The highest BCUT2D eigenvalue weighted by Crippen LogP contribution is 2.27. The summed E-state index contributed by atoms with van der Waals surface area (Å²) in [6, 6.07) is 12.8. The van der Waals surface area contributed by atoms with Crippen LogP contribution in [0.5, 0.6) is 11.5 Å². The summed E-state index contributed by atoms with van der Waals surface area (Å²) in [7, 11) is 3.01. The minimum Gasteiger partial charge on any atom is -0.493 e. The van der Waals surface area contributed by atoms with Gasteiger partial charge < -0.3 is 14.8 Å². The number of nitrogens with zero attached hydrogens (tertiary/aromatic N) is 1. The molecule has 0 aliphatic rings. The van der Waals surface area contributed by atoms with E-state index >= 15 is 0 Å². The maximum Gasteiger partial charge on any atom is 0.259 e. The fourth-order valence-corrected chi connectivity index (χ4v) is 2.47. The van der Waals surface area contributed by atoms with E-state index in [-0.39, 0.29) is 6.54 Å². The maximum atomic E-state index is 12.2. The average Bonchev–Trinajstić information content (AvgIpc) is 2.75. The molecule has 0 aliphatic carbocycles. The highest BCUT2D eigenvalue weighted by molar-refractivity contribution is 6.00. The third kappa shape index (κ3) is 5.57. The minimum absolute atomic E-state index is 0.196. The lowest BCUT2D eigenvalue weighted by Crippen LogP contribution is -2.35. The third-order valence-corrected chi connectivity index (χ3v) is 4.18. The lowest BCUT2D eigenvalue weighted by molar-refractivity contribution is -0.120. The molecule has 2 amide bonds. The number of benzene rings is 2. The molecule has 0 saturated heterocycles. The Hall–Kier alpha value is -3.35. The fraction of sp³-hybridized carbons (Fsp3) is 0.286. The van der Waals surface area contributed by atoms with Crippen molar-refractivity contribution in [2.75, 3.05) is 20.8 Å². The number of nitrogens with one attached hydrogen (secondary N) is 2. The van der Waals surface area contributed by atoms with Crippen LogP contribution in [0.2, 0.25) is 0 Å². The number of carbonyl (C=O) groups excluding carboxylic acids is 2. The van der Waals surface area contributed by atoms with Crippen LogP contribution < -0.4 is 20.2 Å². The second kappa shape index (κ2) is 10.1. The molecule has 28 heavy (non-hydrogen) atoms. The number of carbonyl (C=O) groups is 2. The number of methoxy groups -OCH3 is 2. The van der Waals surface area contributed by atoms with E-state index in [0.717, 1.165) is 12.0 Å². The Labute approximate surface area is 164 Å². The van der Waals surface area contributed by atoms with Gasteiger partial charge >= 0.3 is 0 Å². The molecule has 0 atom stereocenters. The Morgan fingerprint density at radius 1 is 0.964 bits per heavy atom. The van der Waals surface area contributed by atoms with Crippen molar-refractivity contribution in [1.29, 1.82) is 0 Å². The molecule has 7 nitrogen and oxygen atoms in total. The number of hydrogen-bond donors (Lipinski definition) is 2. The molecule has 0 fully saturated rings. The fourth-order valence-electron chi connectivity index (χ4n) is 2.47. The molecule has 2 aromatic rings. The van der Waals surface area contributed by atoms with Crippen molar-refractivity contribution in [2.45, 2.75) is 20.3 Å². The van der Waals surface area contributed by atoms with E-state index in [0.29, 0.717) is 22.8 Å². The summed E-state index contributed by atoms with van der Waals surface area (Å²) in [6.45, 7) is 3.70. The molecule has 148 valence electrons. The van der Waals surface area contributed by atoms with Gasteiger partial charge in [0.15, 0.2) is 11.5 Å². The number of aryl methyl sites for hydroxylation is 1. The van der Waals surface area contributed by atoms with Gasteiger partial charge in [0.1, 0.15) is 0 Å². The van der Waals surface area contributed by atoms with Gasteiger partial charge in [-0.1, -0.05) is 31.2 Å². The number of amides is 2. The standard InChI is InChI=1S/C21H25N3O4/c1-5-15-6-8-16(9-7-15)14(2)23-24-20(25)13-22-21(26)17-10-11-18(27-3)19(12-17)28-4/h6-12H,5,13H2,1-4H3,(H,22,26)(H,24,25)/b23-14+. The zero-order valence-corrected chi connectivity index (χ0v) is 16.5. The van der Waals surface area contributed by atoms with Crippen molar-refractivity contribution >= 4 is 17.5 Å². The maximum absolute atomic E-state index is 12.2. The molecule has 0 spiro atoms. The smallest absolute Gasteiger partial charge is 0.259 e. The van der Waals surface area contributed by atoms with Crippen LogP contribution in [0, 0.1) is 0 Å². The Balaban J connectivity index is 1.90. The van der Waals surface area contributed by atoms with Crippen LogP contribution in [-0.2, 0) is 11.2 Å². The van der Waals surface area contributed by atoms with Gasteiger partial charge in [0.25, 0.3) is 11.8 Å². The number of hydrazone groups is 1. The molecule has 0 aromatic heterocycles. The summed E-state index contributed by atoms with van der Waals surface area (Å²) in [5, 5.41) is 6.63. The highest BCUT2D eigenvalue weighted by Gasteiger charge is 2.12. The molecule has 2 rings (SSSR count). The lowest BCUT2D eigenvalue weighted by atomic mass is 10.1. The monoisotopic (exact) mass is 383 g/mol. The summed E-state index contributed by atoms with van der Waals surface area (Å²) in [5.74, 6) is 0.146. The SMILES string of the molecule is CCc1ccc(/C(C)=N/NC(=O)CNC(=O)c2ccc(OC)c(OC)c2)cc1. The van der Waals surface area contributed by atoms with Crippen LogP contribution in [0.3, 0.4) is 0 Å². The predicted molar refractivity (Wildman–Crippen MR) is 108 cm³/mol. The van der Waals surface area contributed by atoms with Gasteiger partial charge in [0.2, 0.25) is 0 Å². The van der Waals surface area contributed by atoms with Crippen LogP contribution in [0.25, 0.3) is 0 Å². The van der Waals surface area contributed by atoms with Crippen LogP contribution in [0.15, 0.2) is 47.6 Å². The zero-order valence-electron chi connectivity index (χ0n) is 16.5. The van der Waals surface area contributed by atoms with Crippen LogP contribution in [0.4, 0.5) is 0 Å². The van der Waals surface area contributed by atoms with Gasteiger partial charge in [0, 0.05) is 5.56 Å².